The molecule has 6 heteroatoms. The first-order valence-electron chi connectivity index (χ1n) is 7.23. The molecule has 0 saturated carbocycles. The smallest absolute Gasteiger partial charge is 0.274 e. The number of carbonyl (C=O) groups excluding carboxylic acids is 1. The van der Waals surface area contributed by atoms with Crippen molar-refractivity contribution >= 4 is 11.6 Å². The number of aromatic nitrogens is 3. The Labute approximate surface area is 133 Å². The Morgan fingerprint density at radius 1 is 1.17 bits per heavy atom. The molecule has 2 N–H and O–H groups in total. The molecule has 1 aromatic carbocycles. The molecule has 6 nitrogen and oxygen atoms in total. The first-order valence-corrected chi connectivity index (χ1v) is 7.23. The topological polar surface area (TPSA) is 80.0 Å². The van der Waals surface area contributed by atoms with Gasteiger partial charge in [-0.25, -0.2) is 9.97 Å². The second kappa shape index (κ2) is 6.85. The normalized spacial score (nSPS) is 10.5. The zero-order chi connectivity index (χ0) is 16.1. The zero-order valence-corrected chi connectivity index (χ0v) is 12.4. The molecule has 0 aliphatic carbocycles. The number of hydrogen-bond acceptors (Lipinski definition) is 4. The predicted octanol–water partition coefficient (Wildman–Crippen LogP) is 2.05. The van der Waals surface area contributed by atoms with E-state index < -0.39 is 0 Å². The number of hydrogen-bond donors (Lipinski definition) is 2. The molecule has 3 aromatic rings. The van der Waals surface area contributed by atoms with E-state index in [0.717, 1.165) is 5.56 Å². The first-order chi connectivity index (χ1) is 11.3. The van der Waals surface area contributed by atoms with Gasteiger partial charge in [0.25, 0.3) is 5.91 Å². The second-order valence-corrected chi connectivity index (χ2v) is 4.98. The fraction of sp³-hybridized carbons (Fsp3) is 0.118. The highest BCUT2D eigenvalue weighted by molar-refractivity contribution is 6.02. The lowest BCUT2D eigenvalue weighted by Gasteiger charge is -2.07. The van der Waals surface area contributed by atoms with Crippen LogP contribution in [0.3, 0.4) is 0 Å². The number of carbonyl (C=O) groups is 1. The third-order valence-corrected chi connectivity index (χ3v) is 3.35. The van der Waals surface area contributed by atoms with Gasteiger partial charge < -0.3 is 10.4 Å². The molecule has 0 aliphatic heterocycles. The van der Waals surface area contributed by atoms with Crippen molar-refractivity contribution in [2.24, 2.45) is 0 Å². The molecule has 3 rings (SSSR count). The molecule has 1 amide bonds. The molecular formula is C17H16N4O2. The Balaban J connectivity index is 1.74. The summed E-state index contributed by atoms with van der Waals surface area (Å²) in [6.07, 6.45) is 5.65. The average molecular weight is 308 g/mol. The van der Waals surface area contributed by atoms with Crippen molar-refractivity contribution in [3.05, 3.63) is 72.4 Å². The Morgan fingerprint density at radius 3 is 2.70 bits per heavy atom. The zero-order valence-electron chi connectivity index (χ0n) is 12.4. The maximum absolute atomic E-state index is 12.3. The predicted molar refractivity (Wildman–Crippen MR) is 86.5 cm³/mol. The van der Waals surface area contributed by atoms with Crippen LogP contribution in [0.2, 0.25) is 0 Å². The van der Waals surface area contributed by atoms with Crippen LogP contribution in [0.4, 0.5) is 5.69 Å². The van der Waals surface area contributed by atoms with Crippen LogP contribution in [0.15, 0.2) is 61.2 Å². The van der Waals surface area contributed by atoms with Gasteiger partial charge >= 0.3 is 0 Å². The molecule has 0 unspecified atom stereocenters. The number of benzene rings is 1. The second-order valence-electron chi connectivity index (χ2n) is 4.98. The standard InChI is InChI=1S/C17H16N4O2/c22-11-8-13-4-6-14(7-5-13)19-17(23)15-2-1-3-16(20-15)21-10-9-18-12-21/h1-7,9-10,12,22H,8,11H2,(H,19,23). The van der Waals surface area contributed by atoms with Crippen LogP contribution < -0.4 is 5.32 Å². The number of imidazole rings is 1. The largest absolute Gasteiger partial charge is 0.396 e. The summed E-state index contributed by atoms with van der Waals surface area (Å²) in [7, 11) is 0. The first kappa shape index (κ1) is 14.9. The maximum Gasteiger partial charge on any atom is 0.274 e. The number of pyridine rings is 1. The van der Waals surface area contributed by atoms with E-state index in [-0.39, 0.29) is 12.5 Å². The third-order valence-electron chi connectivity index (χ3n) is 3.35. The van der Waals surface area contributed by atoms with Gasteiger partial charge in [0.05, 0.1) is 0 Å². The Kier molecular flexibility index (Phi) is 4.44. The summed E-state index contributed by atoms with van der Waals surface area (Å²) in [5.41, 5.74) is 2.04. The minimum absolute atomic E-state index is 0.108. The number of aliphatic hydroxyl groups excluding tert-OH is 1. The lowest BCUT2D eigenvalue weighted by Crippen LogP contribution is -2.14. The third kappa shape index (κ3) is 3.61. The van der Waals surface area contributed by atoms with E-state index in [9.17, 15) is 4.79 Å². The minimum Gasteiger partial charge on any atom is -0.396 e. The molecule has 2 aromatic heterocycles. The van der Waals surface area contributed by atoms with Crippen LogP contribution in [0.5, 0.6) is 0 Å². The van der Waals surface area contributed by atoms with Crippen molar-refractivity contribution in [1.29, 1.82) is 0 Å². The summed E-state index contributed by atoms with van der Waals surface area (Å²) in [5.74, 6) is 0.357. The Bertz CT molecular complexity index is 783. The Hall–Kier alpha value is -2.99. The van der Waals surface area contributed by atoms with Gasteiger partial charge in [0.2, 0.25) is 0 Å². The summed E-state index contributed by atoms with van der Waals surface area (Å²) >= 11 is 0. The minimum atomic E-state index is -0.276. The van der Waals surface area contributed by atoms with Crippen LogP contribution in [0.1, 0.15) is 16.1 Å². The van der Waals surface area contributed by atoms with Gasteiger partial charge in [-0.2, -0.15) is 0 Å². The molecule has 0 bridgehead atoms. The fourth-order valence-electron chi connectivity index (χ4n) is 2.17. The number of rotatable bonds is 5. The molecule has 23 heavy (non-hydrogen) atoms. The summed E-state index contributed by atoms with van der Waals surface area (Å²) in [4.78, 5) is 20.6. The number of anilines is 1. The maximum atomic E-state index is 12.3. The monoisotopic (exact) mass is 308 g/mol. The summed E-state index contributed by atoms with van der Waals surface area (Å²) in [6, 6.07) is 12.6. The summed E-state index contributed by atoms with van der Waals surface area (Å²) < 4.78 is 1.74. The van der Waals surface area contributed by atoms with Crippen molar-refractivity contribution in [2.45, 2.75) is 6.42 Å². The van der Waals surface area contributed by atoms with Crippen LogP contribution in [-0.4, -0.2) is 32.2 Å². The number of nitrogens with one attached hydrogen (secondary N) is 1. The quantitative estimate of drug-likeness (QED) is 0.756. The van der Waals surface area contributed by atoms with Gasteiger partial charge in [-0.3, -0.25) is 9.36 Å². The molecule has 0 spiro atoms. The molecule has 0 radical (unpaired) electrons. The molecule has 116 valence electrons. The van der Waals surface area contributed by atoms with Crippen molar-refractivity contribution in [1.82, 2.24) is 14.5 Å². The van der Waals surface area contributed by atoms with Gasteiger partial charge in [-0.1, -0.05) is 18.2 Å². The number of nitrogens with zero attached hydrogens (tertiary/aromatic N) is 3. The molecule has 0 aliphatic rings. The molecule has 0 fully saturated rings. The van der Waals surface area contributed by atoms with Gasteiger partial charge in [0.15, 0.2) is 0 Å². The van der Waals surface area contributed by atoms with Crippen LogP contribution in [-0.2, 0) is 6.42 Å². The fourth-order valence-corrected chi connectivity index (χ4v) is 2.17. The van der Waals surface area contributed by atoms with Gasteiger partial charge in [-0.05, 0) is 36.2 Å². The number of aliphatic hydroxyl groups is 1. The Morgan fingerprint density at radius 2 is 2.00 bits per heavy atom. The number of amides is 1. The van der Waals surface area contributed by atoms with E-state index in [0.29, 0.717) is 23.6 Å². The lowest BCUT2D eigenvalue weighted by atomic mass is 10.1. The van der Waals surface area contributed by atoms with Gasteiger partial charge in [0.1, 0.15) is 17.8 Å². The van der Waals surface area contributed by atoms with E-state index in [1.54, 1.807) is 35.4 Å². The highest BCUT2D eigenvalue weighted by atomic mass is 16.3. The van der Waals surface area contributed by atoms with E-state index >= 15 is 0 Å². The molecule has 2 heterocycles. The molecule has 0 atom stereocenters. The van der Waals surface area contributed by atoms with Crippen molar-refractivity contribution < 1.29 is 9.90 Å². The highest BCUT2D eigenvalue weighted by Gasteiger charge is 2.09. The van der Waals surface area contributed by atoms with Crippen molar-refractivity contribution in [3.8, 4) is 5.82 Å². The van der Waals surface area contributed by atoms with E-state index in [4.69, 9.17) is 5.11 Å². The van der Waals surface area contributed by atoms with Gasteiger partial charge in [-0.15, -0.1) is 0 Å². The van der Waals surface area contributed by atoms with Crippen LogP contribution in [0, 0.1) is 0 Å². The van der Waals surface area contributed by atoms with Gasteiger partial charge in [0, 0.05) is 24.7 Å². The average Bonchev–Trinajstić information content (AvgIpc) is 3.12. The van der Waals surface area contributed by atoms with E-state index in [1.807, 2.05) is 30.3 Å². The summed E-state index contributed by atoms with van der Waals surface area (Å²) in [6.45, 7) is 0.108. The lowest BCUT2D eigenvalue weighted by molar-refractivity contribution is 0.102. The SMILES string of the molecule is O=C(Nc1ccc(CCO)cc1)c1cccc(-n2ccnc2)n1. The van der Waals surface area contributed by atoms with E-state index in [1.165, 1.54) is 0 Å². The van der Waals surface area contributed by atoms with Crippen molar-refractivity contribution in [2.75, 3.05) is 11.9 Å². The highest BCUT2D eigenvalue weighted by Crippen LogP contribution is 2.12. The van der Waals surface area contributed by atoms with E-state index in [2.05, 4.69) is 15.3 Å². The van der Waals surface area contributed by atoms with Crippen molar-refractivity contribution in [3.63, 3.8) is 0 Å². The summed E-state index contributed by atoms with van der Waals surface area (Å²) in [5, 5.41) is 11.7. The molecule has 0 saturated heterocycles. The molecular weight excluding hydrogens is 292 g/mol. The van der Waals surface area contributed by atoms with Crippen LogP contribution >= 0.6 is 0 Å². The van der Waals surface area contributed by atoms with Crippen LogP contribution in [0.25, 0.3) is 5.82 Å².